The molecule has 0 bridgehead atoms. The molecule has 1 aliphatic rings. The maximum atomic E-state index is 10.8. The van der Waals surface area contributed by atoms with Gasteiger partial charge in [-0.3, -0.25) is 0 Å². The number of hydrogen-bond acceptors (Lipinski definition) is 2. The molecule has 0 N–H and O–H groups in total. The van der Waals surface area contributed by atoms with E-state index in [0.717, 1.165) is 66.7 Å². The third kappa shape index (κ3) is 4.84. The first kappa shape index (κ1) is 29.8. The van der Waals surface area contributed by atoms with Crippen molar-refractivity contribution in [1.82, 2.24) is 9.13 Å². The molecule has 0 fully saturated rings. The number of anilines is 2. The van der Waals surface area contributed by atoms with E-state index in [9.17, 15) is 5.26 Å². The number of hydrogen-bond donors (Lipinski definition) is 0. The van der Waals surface area contributed by atoms with E-state index in [0.29, 0.717) is 12.1 Å². The van der Waals surface area contributed by atoms with Gasteiger partial charge in [-0.2, -0.15) is 5.26 Å². The summed E-state index contributed by atoms with van der Waals surface area (Å²) < 4.78 is 4.56. The van der Waals surface area contributed by atoms with Gasteiger partial charge in [-0.1, -0.05) is 84.9 Å². The molecular weight excluding hydrogens is 599 g/mol. The Morgan fingerprint density at radius 1 is 0.776 bits per heavy atom. The van der Waals surface area contributed by atoms with Gasteiger partial charge in [0.05, 0.1) is 40.6 Å². The highest BCUT2D eigenvalue weighted by molar-refractivity contribution is 6.19. The molecule has 1 atom stereocenters. The highest BCUT2D eigenvalue weighted by atomic mass is 15.2. The molecule has 234 valence electrons. The number of benzene rings is 5. The number of nitriles is 1. The van der Waals surface area contributed by atoms with Crippen molar-refractivity contribution >= 4 is 66.4 Å². The first-order chi connectivity index (χ1) is 24.1. The number of allylic oxidation sites excluding steroid dienone is 7. The molecule has 0 radical (unpaired) electrons. The lowest BCUT2D eigenvalue weighted by atomic mass is 9.92. The highest BCUT2D eigenvalue weighted by Crippen LogP contribution is 2.44. The molecule has 0 saturated heterocycles. The summed E-state index contributed by atoms with van der Waals surface area (Å²) in [5.41, 5.74) is 9.52. The van der Waals surface area contributed by atoms with E-state index < -0.39 is 5.92 Å². The van der Waals surface area contributed by atoms with E-state index in [1.165, 1.54) is 5.39 Å². The van der Waals surface area contributed by atoms with Crippen LogP contribution >= 0.6 is 0 Å². The van der Waals surface area contributed by atoms with Crippen LogP contribution in [0, 0.1) is 23.8 Å². The van der Waals surface area contributed by atoms with Crippen molar-refractivity contribution in [3.05, 3.63) is 168 Å². The first-order valence-corrected chi connectivity index (χ1v) is 16.5. The second-order valence-corrected chi connectivity index (χ2v) is 12.3. The summed E-state index contributed by atoms with van der Waals surface area (Å²) in [6.45, 7) is 12.6. The average molecular weight is 632 g/mol. The van der Waals surface area contributed by atoms with Crippen molar-refractivity contribution in [2.45, 2.75) is 20.3 Å². The van der Waals surface area contributed by atoms with Gasteiger partial charge in [0.25, 0.3) is 0 Å². The Morgan fingerprint density at radius 3 is 1.98 bits per heavy atom. The number of nitrogens with zero attached hydrogens (tertiary/aromatic N) is 5. The van der Waals surface area contributed by atoms with Crippen LogP contribution in [0.4, 0.5) is 11.4 Å². The van der Waals surface area contributed by atoms with Gasteiger partial charge >= 0.3 is 0 Å². The smallest absolute Gasteiger partial charge is 0.208 e. The van der Waals surface area contributed by atoms with Crippen molar-refractivity contribution < 1.29 is 0 Å². The lowest BCUT2D eigenvalue weighted by Crippen LogP contribution is -2.24. The maximum Gasteiger partial charge on any atom is 0.208 e. The molecule has 0 amide bonds. The fourth-order valence-corrected chi connectivity index (χ4v) is 7.37. The monoisotopic (exact) mass is 631 g/mol. The minimum Gasteiger partial charge on any atom is -0.324 e. The lowest BCUT2D eigenvalue weighted by molar-refractivity contribution is 0.759. The van der Waals surface area contributed by atoms with Gasteiger partial charge in [0.1, 0.15) is 0 Å². The Morgan fingerprint density at radius 2 is 1.35 bits per heavy atom. The normalized spacial score (nSPS) is 15.3. The van der Waals surface area contributed by atoms with Gasteiger partial charge < -0.3 is 14.0 Å². The second-order valence-electron chi connectivity index (χ2n) is 12.3. The van der Waals surface area contributed by atoms with E-state index in [4.69, 9.17) is 6.57 Å². The molecule has 0 spiro atoms. The third-order valence-electron chi connectivity index (χ3n) is 9.52. The Bertz CT molecular complexity index is 2580. The van der Waals surface area contributed by atoms with Gasteiger partial charge in [-0.25, -0.2) is 4.85 Å². The summed E-state index contributed by atoms with van der Waals surface area (Å²) in [5.74, 6) is -0.488. The topological polar surface area (TPSA) is 41.2 Å². The largest absolute Gasteiger partial charge is 0.324 e. The third-order valence-corrected chi connectivity index (χ3v) is 9.52. The first-order valence-electron chi connectivity index (χ1n) is 16.5. The van der Waals surface area contributed by atoms with Crippen LogP contribution in [0.3, 0.4) is 0 Å². The summed E-state index contributed by atoms with van der Waals surface area (Å²) in [5, 5.41) is 15.3. The number of aromatic nitrogens is 2. The molecule has 2 heterocycles. The fourth-order valence-electron chi connectivity index (χ4n) is 7.37. The molecule has 5 heteroatoms. The summed E-state index contributed by atoms with van der Waals surface area (Å²) >= 11 is 0. The van der Waals surface area contributed by atoms with Crippen LogP contribution in [0.25, 0.3) is 59.9 Å². The SMILES string of the molecule is [C-]#[N+]C1=C(N(c2ccccc2)c2ccccc2)CC(C#N)C(n2c3ccccc3c3cc4c(cc32)c2ccccc2n4/C(C)=C/C=C\C)=C1. The molecule has 49 heavy (non-hydrogen) atoms. The van der Waals surface area contributed by atoms with Gasteiger partial charge in [0, 0.05) is 50.0 Å². The van der Waals surface area contributed by atoms with Crippen molar-refractivity contribution in [2.75, 3.05) is 4.90 Å². The van der Waals surface area contributed by atoms with Gasteiger partial charge in [-0.15, -0.1) is 0 Å². The van der Waals surface area contributed by atoms with E-state index in [1.807, 2.05) is 85.8 Å². The zero-order chi connectivity index (χ0) is 33.5. The van der Waals surface area contributed by atoms with Crippen molar-refractivity contribution in [2.24, 2.45) is 5.92 Å². The van der Waals surface area contributed by atoms with E-state index in [-0.39, 0.29) is 0 Å². The molecule has 1 aliphatic carbocycles. The summed E-state index contributed by atoms with van der Waals surface area (Å²) in [6, 6.07) is 44.3. The lowest BCUT2D eigenvalue weighted by Gasteiger charge is -2.33. The molecule has 0 aliphatic heterocycles. The summed E-state index contributed by atoms with van der Waals surface area (Å²) in [4.78, 5) is 6.23. The minimum atomic E-state index is -0.488. The molecule has 7 aromatic rings. The van der Waals surface area contributed by atoms with E-state index >= 15 is 0 Å². The van der Waals surface area contributed by atoms with Crippen LogP contribution in [0.15, 0.2) is 157 Å². The predicted molar refractivity (Wildman–Crippen MR) is 204 cm³/mol. The van der Waals surface area contributed by atoms with Crippen molar-refractivity contribution in [3.8, 4) is 6.07 Å². The standard InChI is InChI=1S/C44H33N5/c1-4-5-16-30(2)47-39-23-14-12-21-34(39)36-27-43-37(26-42(36)47)35-22-13-15-24-40(35)49(43)41-28-38(46-3)44(25-31(41)29-45)48(32-17-8-6-9-18-32)33-19-10-7-11-20-33/h4-24,26-28,31H,25H2,1-2H3/b5-4-,30-16+. The number of para-hydroxylation sites is 4. The van der Waals surface area contributed by atoms with Gasteiger partial charge in [0.2, 0.25) is 5.70 Å². The van der Waals surface area contributed by atoms with Crippen LogP contribution in [0.1, 0.15) is 20.3 Å². The van der Waals surface area contributed by atoms with Crippen LogP contribution in [-0.4, -0.2) is 9.13 Å². The van der Waals surface area contributed by atoms with Crippen LogP contribution in [0.5, 0.6) is 0 Å². The Hall–Kier alpha value is -6.56. The zero-order valence-electron chi connectivity index (χ0n) is 27.4. The van der Waals surface area contributed by atoms with Crippen LogP contribution < -0.4 is 4.90 Å². The molecule has 2 aromatic heterocycles. The summed E-state index contributed by atoms with van der Waals surface area (Å²) in [7, 11) is 0. The second kappa shape index (κ2) is 12.2. The van der Waals surface area contributed by atoms with Crippen molar-refractivity contribution in [3.63, 3.8) is 0 Å². The highest BCUT2D eigenvalue weighted by Gasteiger charge is 2.31. The molecule has 1 unspecified atom stereocenters. The Kier molecular flexibility index (Phi) is 7.44. The minimum absolute atomic E-state index is 0.397. The maximum absolute atomic E-state index is 10.8. The number of fused-ring (bicyclic) bond motifs is 6. The zero-order valence-corrected chi connectivity index (χ0v) is 27.4. The van der Waals surface area contributed by atoms with E-state index in [1.54, 1.807) is 0 Å². The molecule has 8 rings (SSSR count). The molecule has 5 aromatic carbocycles. The number of rotatable bonds is 6. The predicted octanol–water partition coefficient (Wildman–Crippen LogP) is 11.7. The van der Waals surface area contributed by atoms with Gasteiger partial charge in [0.15, 0.2) is 0 Å². The quantitative estimate of drug-likeness (QED) is 0.135. The Labute approximate surface area is 285 Å². The molecule has 0 saturated carbocycles. The fraction of sp³-hybridized carbons (Fsp3) is 0.0909. The summed E-state index contributed by atoms with van der Waals surface area (Å²) in [6.07, 6.45) is 8.61. The van der Waals surface area contributed by atoms with Crippen LogP contribution in [0.2, 0.25) is 0 Å². The molecular formula is C44H33N5. The average Bonchev–Trinajstić information content (AvgIpc) is 3.65. The van der Waals surface area contributed by atoms with Gasteiger partial charge in [-0.05, 0) is 81.0 Å². The van der Waals surface area contributed by atoms with Crippen LogP contribution in [-0.2, 0) is 0 Å². The Balaban J connectivity index is 1.42. The van der Waals surface area contributed by atoms with E-state index in [2.05, 4.69) is 98.6 Å². The molecule has 5 nitrogen and oxygen atoms in total. The van der Waals surface area contributed by atoms with Crippen molar-refractivity contribution in [1.29, 1.82) is 5.26 Å².